The fraction of sp³-hybridized carbons (Fsp3) is 0.833. The van der Waals surface area contributed by atoms with Gasteiger partial charge in [-0.3, -0.25) is 9.59 Å². The molecule has 5 nitrogen and oxygen atoms in total. The van der Waals surface area contributed by atoms with Gasteiger partial charge in [0.15, 0.2) is 0 Å². The number of nitrogens with one attached hydrogen (secondary N) is 1. The first-order valence-corrected chi connectivity index (χ1v) is 6.16. The van der Waals surface area contributed by atoms with Gasteiger partial charge in [-0.05, 0) is 18.8 Å². The number of aliphatic carboxylic acids is 1. The number of carbonyl (C=O) groups is 2. The van der Waals surface area contributed by atoms with Gasteiger partial charge in [0.05, 0.1) is 24.0 Å². The van der Waals surface area contributed by atoms with E-state index >= 15 is 0 Å². The van der Waals surface area contributed by atoms with Crippen LogP contribution in [-0.4, -0.2) is 35.7 Å². The quantitative estimate of drug-likeness (QED) is 0.757. The molecule has 0 aromatic heterocycles. The van der Waals surface area contributed by atoms with Crippen LogP contribution in [0.2, 0.25) is 0 Å². The van der Waals surface area contributed by atoms with E-state index < -0.39 is 17.8 Å². The van der Waals surface area contributed by atoms with Crippen molar-refractivity contribution in [3.05, 3.63) is 0 Å². The highest BCUT2D eigenvalue weighted by Gasteiger charge is 2.55. The molecule has 2 aliphatic rings. The minimum absolute atomic E-state index is 0.168. The highest BCUT2D eigenvalue weighted by atomic mass is 16.5. The molecule has 96 valence electrons. The Hall–Kier alpha value is -1.10. The zero-order valence-corrected chi connectivity index (χ0v) is 10.2. The van der Waals surface area contributed by atoms with Crippen molar-refractivity contribution in [3.63, 3.8) is 0 Å². The third-order valence-electron chi connectivity index (χ3n) is 3.55. The van der Waals surface area contributed by atoms with E-state index in [1.165, 1.54) is 0 Å². The van der Waals surface area contributed by atoms with Crippen LogP contribution in [0.4, 0.5) is 0 Å². The molecule has 0 radical (unpaired) electrons. The lowest BCUT2D eigenvalue weighted by atomic mass is 9.78. The molecule has 2 fully saturated rings. The van der Waals surface area contributed by atoms with Crippen LogP contribution in [0.3, 0.4) is 0 Å². The van der Waals surface area contributed by atoms with Gasteiger partial charge in [-0.25, -0.2) is 0 Å². The Bertz CT molecular complexity index is 328. The van der Waals surface area contributed by atoms with E-state index in [9.17, 15) is 14.7 Å². The van der Waals surface area contributed by atoms with Crippen LogP contribution >= 0.6 is 0 Å². The minimum atomic E-state index is -0.915. The number of hydrogen-bond acceptors (Lipinski definition) is 3. The Morgan fingerprint density at radius 2 is 1.88 bits per heavy atom. The summed E-state index contributed by atoms with van der Waals surface area (Å²) in [5, 5.41) is 12.0. The average Bonchev–Trinajstić information content (AvgIpc) is 2.84. The number of hydrogen-bond donors (Lipinski definition) is 2. The number of ether oxygens (including phenoxy) is 1. The zero-order valence-electron chi connectivity index (χ0n) is 10.2. The van der Waals surface area contributed by atoms with Crippen LogP contribution in [0, 0.1) is 17.8 Å². The fourth-order valence-electron chi connectivity index (χ4n) is 2.75. The van der Waals surface area contributed by atoms with Crippen LogP contribution in [0.15, 0.2) is 0 Å². The summed E-state index contributed by atoms with van der Waals surface area (Å²) < 4.78 is 5.55. The van der Waals surface area contributed by atoms with E-state index in [4.69, 9.17) is 4.74 Å². The Kier molecular flexibility index (Phi) is 3.38. The molecular formula is C12H19NO4. The molecule has 0 saturated carbocycles. The largest absolute Gasteiger partial charge is 0.481 e. The second kappa shape index (κ2) is 4.64. The van der Waals surface area contributed by atoms with E-state index in [1.807, 2.05) is 13.8 Å². The van der Waals surface area contributed by atoms with E-state index in [0.717, 1.165) is 12.8 Å². The molecule has 5 heteroatoms. The molecule has 2 heterocycles. The lowest BCUT2D eigenvalue weighted by molar-refractivity contribution is -0.147. The minimum Gasteiger partial charge on any atom is -0.481 e. The molecule has 0 aromatic carbocycles. The second-order valence-electron chi connectivity index (χ2n) is 5.32. The van der Waals surface area contributed by atoms with Crippen molar-refractivity contribution < 1.29 is 19.4 Å². The number of carbonyl (C=O) groups excluding carboxylic acids is 1. The summed E-state index contributed by atoms with van der Waals surface area (Å²) in [7, 11) is 0. The van der Waals surface area contributed by atoms with E-state index in [-0.39, 0.29) is 18.1 Å². The Morgan fingerprint density at radius 3 is 2.41 bits per heavy atom. The maximum atomic E-state index is 12.0. The molecule has 2 rings (SSSR count). The lowest BCUT2D eigenvalue weighted by Crippen LogP contribution is -2.44. The van der Waals surface area contributed by atoms with Gasteiger partial charge < -0.3 is 15.2 Å². The summed E-state index contributed by atoms with van der Waals surface area (Å²) in [6, 6.07) is 0. The van der Waals surface area contributed by atoms with Crippen molar-refractivity contribution in [3.8, 4) is 0 Å². The van der Waals surface area contributed by atoms with Crippen molar-refractivity contribution >= 4 is 11.9 Å². The summed E-state index contributed by atoms with van der Waals surface area (Å²) in [6.45, 7) is 4.59. The van der Waals surface area contributed by atoms with Crippen molar-refractivity contribution in [2.75, 3.05) is 6.54 Å². The van der Waals surface area contributed by atoms with Gasteiger partial charge in [0.2, 0.25) is 5.91 Å². The van der Waals surface area contributed by atoms with Gasteiger partial charge in [-0.15, -0.1) is 0 Å². The fourth-order valence-corrected chi connectivity index (χ4v) is 2.75. The summed E-state index contributed by atoms with van der Waals surface area (Å²) in [5.74, 6) is -1.90. The maximum Gasteiger partial charge on any atom is 0.310 e. The first-order chi connectivity index (χ1) is 8.00. The summed E-state index contributed by atoms with van der Waals surface area (Å²) in [6.07, 6.45) is 1.09. The van der Waals surface area contributed by atoms with E-state index in [1.54, 1.807) is 0 Å². The van der Waals surface area contributed by atoms with E-state index in [0.29, 0.717) is 12.5 Å². The van der Waals surface area contributed by atoms with Crippen molar-refractivity contribution in [2.24, 2.45) is 17.8 Å². The number of rotatable bonds is 4. The predicted molar refractivity (Wildman–Crippen MR) is 60.4 cm³/mol. The third-order valence-corrected chi connectivity index (χ3v) is 3.55. The van der Waals surface area contributed by atoms with Crippen molar-refractivity contribution in [1.29, 1.82) is 0 Å². The van der Waals surface area contributed by atoms with Crippen molar-refractivity contribution in [2.45, 2.75) is 38.9 Å². The molecule has 4 atom stereocenters. The topological polar surface area (TPSA) is 75.6 Å². The SMILES string of the molecule is CC(C)CNC(=O)[C@@H]1[C@@H](C(=O)O)[C@@H]2CC[C@@H]1O2. The number of carboxylic acid groups (broad SMARTS) is 1. The number of amides is 1. The number of carboxylic acids is 1. The average molecular weight is 241 g/mol. The van der Waals surface area contributed by atoms with Crippen LogP contribution in [0.25, 0.3) is 0 Å². The third kappa shape index (κ3) is 2.29. The summed E-state index contributed by atoms with van der Waals surface area (Å²) in [5.41, 5.74) is 0. The molecule has 0 spiro atoms. The van der Waals surface area contributed by atoms with E-state index in [2.05, 4.69) is 5.32 Å². The second-order valence-corrected chi connectivity index (χ2v) is 5.32. The summed E-state index contributed by atoms with van der Waals surface area (Å²) >= 11 is 0. The molecule has 0 aliphatic carbocycles. The van der Waals surface area contributed by atoms with Gasteiger partial charge >= 0.3 is 5.97 Å². The Balaban J connectivity index is 2.03. The van der Waals surface area contributed by atoms with Crippen LogP contribution in [0.5, 0.6) is 0 Å². The van der Waals surface area contributed by atoms with Gasteiger partial charge in [-0.1, -0.05) is 13.8 Å². The molecule has 2 aliphatic heterocycles. The van der Waals surface area contributed by atoms with Gasteiger partial charge in [-0.2, -0.15) is 0 Å². The molecule has 17 heavy (non-hydrogen) atoms. The molecule has 1 amide bonds. The Morgan fingerprint density at radius 1 is 1.29 bits per heavy atom. The molecule has 0 aromatic rings. The zero-order chi connectivity index (χ0) is 12.6. The van der Waals surface area contributed by atoms with Crippen LogP contribution in [-0.2, 0) is 14.3 Å². The highest BCUT2D eigenvalue weighted by Crippen LogP contribution is 2.43. The standard InChI is InChI=1S/C12H19NO4/c1-6(2)5-13-11(14)9-7-3-4-8(17-7)10(9)12(15)16/h6-10H,3-5H2,1-2H3,(H,13,14)(H,15,16)/t7-,8-,9-,10-/m0/s1. The molecule has 0 unspecified atom stereocenters. The van der Waals surface area contributed by atoms with Crippen LogP contribution in [0.1, 0.15) is 26.7 Å². The smallest absolute Gasteiger partial charge is 0.310 e. The Labute approximate surface area is 101 Å². The predicted octanol–water partition coefficient (Wildman–Crippen LogP) is 0.637. The highest BCUT2D eigenvalue weighted by molar-refractivity contribution is 5.86. The van der Waals surface area contributed by atoms with Crippen LogP contribution < -0.4 is 5.32 Å². The monoisotopic (exact) mass is 241 g/mol. The van der Waals surface area contributed by atoms with Gasteiger partial charge in [0.25, 0.3) is 0 Å². The molecule has 2 bridgehead atoms. The first kappa shape index (κ1) is 12.4. The lowest BCUT2D eigenvalue weighted by Gasteiger charge is -2.24. The summed E-state index contributed by atoms with van der Waals surface area (Å²) in [4.78, 5) is 23.2. The normalized spacial score (nSPS) is 35.2. The maximum absolute atomic E-state index is 12.0. The number of fused-ring (bicyclic) bond motifs is 2. The molecule has 2 N–H and O–H groups in total. The first-order valence-electron chi connectivity index (χ1n) is 6.16. The van der Waals surface area contributed by atoms with Gasteiger partial charge in [0, 0.05) is 6.54 Å². The molecule has 2 saturated heterocycles. The van der Waals surface area contributed by atoms with Crippen molar-refractivity contribution in [1.82, 2.24) is 5.32 Å². The van der Waals surface area contributed by atoms with Gasteiger partial charge in [0.1, 0.15) is 0 Å². The molecular weight excluding hydrogens is 222 g/mol.